The lowest BCUT2D eigenvalue weighted by Crippen LogP contribution is -2.46. The summed E-state index contributed by atoms with van der Waals surface area (Å²) >= 11 is 0. The number of amides is 2. The van der Waals surface area contributed by atoms with E-state index in [1.165, 1.54) is 24.3 Å². The smallest absolute Gasteiger partial charge is 0.368 e. The molecule has 2 aromatic rings. The summed E-state index contributed by atoms with van der Waals surface area (Å²) in [5.74, 6) is -1.93. The average Bonchev–Trinajstić information content (AvgIpc) is 2.66. The lowest BCUT2D eigenvalue weighted by atomic mass is 10.0. The van der Waals surface area contributed by atoms with Gasteiger partial charge in [-0.15, -0.1) is 0 Å². The van der Waals surface area contributed by atoms with Crippen LogP contribution in [0.3, 0.4) is 0 Å². The summed E-state index contributed by atoms with van der Waals surface area (Å²) < 4.78 is 77.6. The highest BCUT2D eigenvalue weighted by Gasteiger charge is 2.37. The Morgan fingerprint density at radius 1 is 0.935 bits per heavy atom. The third kappa shape index (κ3) is 6.74. The Morgan fingerprint density at radius 3 is 1.87 bits per heavy atom. The van der Waals surface area contributed by atoms with E-state index in [-0.39, 0.29) is 12.5 Å². The highest BCUT2D eigenvalue weighted by molar-refractivity contribution is 5.87. The van der Waals surface area contributed by atoms with Gasteiger partial charge in [0.2, 0.25) is 11.8 Å². The van der Waals surface area contributed by atoms with Crippen LogP contribution in [-0.2, 0) is 34.8 Å². The molecule has 0 saturated heterocycles. The van der Waals surface area contributed by atoms with Gasteiger partial charge in [0.05, 0.1) is 29.2 Å². The zero-order valence-electron chi connectivity index (χ0n) is 15.6. The fraction of sp³-hybridized carbons (Fsp3) is 0.250. The van der Waals surface area contributed by atoms with Crippen LogP contribution in [0.15, 0.2) is 42.5 Å². The Bertz CT molecular complexity index is 975. The van der Waals surface area contributed by atoms with Crippen LogP contribution in [0.4, 0.5) is 26.3 Å². The Kier molecular flexibility index (Phi) is 6.95. The molecule has 31 heavy (non-hydrogen) atoms. The normalized spacial score (nSPS) is 12.7. The molecule has 0 spiro atoms. The van der Waals surface area contributed by atoms with E-state index in [0.717, 1.165) is 0 Å². The van der Waals surface area contributed by atoms with Gasteiger partial charge in [-0.1, -0.05) is 12.1 Å². The third-order valence-electron chi connectivity index (χ3n) is 4.21. The van der Waals surface area contributed by atoms with Gasteiger partial charge in [0.1, 0.15) is 6.04 Å². The number of carbonyl (C=O) groups is 2. The summed E-state index contributed by atoms with van der Waals surface area (Å²) in [7, 11) is 0. The van der Waals surface area contributed by atoms with Crippen molar-refractivity contribution in [2.75, 3.05) is 0 Å². The SMILES string of the molecule is N#Cc1ccc(C[C@@H](NC(=O)Cc2cc(C(F)(F)F)cc(C(F)(F)F)c2)C(N)=O)cc1. The van der Waals surface area contributed by atoms with Crippen LogP contribution in [0.25, 0.3) is 0 Å². The second-order valence-electron chi connectivity index (χ2n) is 6.63. The first kappa shape index (κ1) is 23.7. The molecular weight excluding hydrogens is 428 g/mol. The summed E-state index contributed by atoms with van der Waals surface area (Å²) in [5.41, 5.74) is 2.50. The van der Waals surface area contributed by atoms with Gasteiger partial charge >= 0.3 is 12.4 Å². The van der Waals surface area contributed by atoms with Crippen LogP contribution in [-0.4, -0.2) is 17.9 Å². The molecule has 2 amide bonds. The predicted octanol–water partition coefficient (Wildman–Crippen LogP) is 3.35. The van der Waals surface area contributed by atoms with Gasteiger partial charge in [-0.05, 0) is 41.5 Å². The van der Waals surface area contributed by atoms with Crippen LogP contribution >= 0.6 is 0 Å². The second kappa shape index (κ2) is 9.07. The van der Waals surface area contributed by atoms with E-state index in [1.807, 2.05) is 6.07 Å². The van der Waals surface area contributed by atoms with Crippen LogP contribution in [0, 0.1) is 11.3 Å². The number of hydrogen-bond donors (Lipinski definition) is 2. The van der Waals surface area contributed by atoms with Crippen LogP contribution < -0.4 is 11.1 Å². The Labute approximate surface area is 172 Å². The number of nitrogens with zero attached hydrogens (tertiary/aromatic N) is 1. The minimum Gasteiger partial charge on any atom is -0.368 e. The fourth-order valence-electron chi connectivity index (χ4n) is 2.73. The average molecular weight is 443 g/mol. The minimum atomic E-state index is -5.04. The molecule has 0 fully saturated rings. The molecule has 0 aliphatic carbocycles. The molecule has 0 radical (unpaired) electrons. The number of nitrogens with two attached hydrogens (primary N) is 1. The summed E-state index contributed by atoms with van der Waals surface area (Å²) in [4.78, 5) is 23.9. The van der Waals surface area contributed by atoms with Gasteiger partial charge in [0.15, 0.2) is 0 Å². The lowest BCUT2D eigenvalue weighted by Gasteiger charge is -2.17. The maximum atomic E-state index is 12.9. The number of halogens is 6. The fourth-order valence-corrected chi connectivity index (χ4v) is 2.73. The number of alkyl halides is 6. The van der Waals surface area contributed by atoms with Gasteiger partial charge in [0, 0.05) is 6.42 Å². The molecule has 164 valence electrons. The zero-order valence-corrected chi connectivity index (χ0v) is 15.6. The monoisotopic (exact) mass is 443 g/mol. The maximum Gasteiger partial charge on any atom is 0.416 e. The van der Waals surface area contributed by atoms with E-state index in [1.54, 1.807) is 0 Å². The molecule has 0 aromatic heterocycles. The Hall–Kier alpha value is -3.55. The first-order chi connectivity index (χ1) is 14.3. The number of nitrogens with one attached hydrogen (secondary N) is 1. The lowest BCUT2D eigenvalue weighted by molar-refractivity contribution is -0.143. The molecule has 0 aliphatic rings. The first-order valence-electron chi connectivity index (χ1n) is 8.65. The van der Waals surface area contributed by atoms with Crippen LogP contribution in [0.2, 0.25) is 0 Å². The molecule has 0 saturated carbocycles. The van der Waals surface area contributed by atoms with Crippen LogP contribution in [0.1, 0.15) is 27.8 Å². The summed E-state index contributed by atoms with van der Waals surface area (Å²) in [6.45, 7) is 0. The Morgan fingerprint density at radius 2 is 1.45 bits per heavy atom. The number of benzene rings is 2. The molecule has 0 unspecified atom stereocenters. The largest absolute Gasteiger partial charge is 0.416 e. The molecule has 2 aromatic carbocycles. The second-order valence-corrected chi connectivity index (χ2v) is 6.63. The zero-order chi connectivity index (χ0) is 23.4. The van der Waals surface area contributed by atoms with E-state index < -0.39 is 53.3 Å². The molecule has 3 N–H and O–H groups in total. The quantitative estimate of drug-likeness (QED) is 0.671. The number of rotatable bonds is 6. The topological polar surface area (TPSA) is 96.0 Å². The van der Waals surface area contributed by atoms with Crippen molar-refractivity contribution in [1.82, 2.24) is 5.32 Å². The van der Waals surface area contributed by atoms with Crippen molar-refractivity contribution in [3.05, 3.63) is 70.3 Å². The molecule has 0 heterocycles. The van der Waals surface area contributed by atoms with Gasteiger partial charge < -0.3 is 11.1 Å². The summed E-state index contributed by atoms with van der Waals surface area (Å²) in [6, 6.07) is 7.45. The molecule has 11 heteroatoms. The van der Waals surface area contributed by atoms with Gasteiger partial charge in [-0.25, -0.2) is 0 Å². The standard InChI is InChI=1S/C20H15F6N3O2/c21-19(22,23)14-5-13(6-15(9-14)20(24,25)26)8-17(30)29-16(18(28)31)7-11-1-3-12(10-27)4-2-11/h1-6,9,16H,7-8H2,(H2,28,31)(H,29,30)/t16-/m1/s1. The Balaban J connectivity index is 2.20. The van der Waals surface area contributed by atoms with Crippen molar-refractivity contribution in [3.8, 4) is 6.07 Å². The molecule has 0 aliphatic heterocycles. The van der Waals surface area contributed by atoms with Gasteiger partial charge in [-0.2, -0.15) is 31.6 Å². The van der Waals surface area contributed by atoms with E-state index in [4.69, 9.17) is 11.0 Å². The van der Waals surface area contributed by atoms with Gasteiger partial charge in [-0.3, -0.25) is 9.59 Å². The van der Waals surface area contributed by atoms with Crippen molar-refractivity contribution in [1.29, 1.82) is 5.26 Å². The van der Waals surface area contributed by atoms with Crippen molar-refractivity contribution in [2.45, 2.75) is 31.2 Å². The number of hydrogen-bond acceptors (Lipinski definition) is 3. The van der Waals surface area contributed by atoms with E-state index in [0.29, 0.717) is 23.3 Å². The van der Waals surface area contributed by atoms with E-state index in [2.05, 4.69) is 5.32 Å². The number of primary amides is 1. The van der Waals surface area contributed by atoms with Gasteiger partial charge in [0.25, 0.3) is 0 Å². The number of carbonyl (C=O) groups excluding carboxylic acids is 2. The highest BCUT2D eigenvalue weighted by atomic mass is 19.4. The van der Waals surface area contributed by atoms with Crippen molar-refractivity contribution < 1.29 is 35.9 Å². The molecule has 5 nitrogen and oxygen atoms in total. The molecular formula is C20H15F6N3O2. The van der Waals surface area contributed by atoms with E-state index >= 15 is 0 Å². The first-order valence-corrected chi connectivity index (χ1v) is 8.65. The van der Waals surface area contributed by atoms with Crippen molar-refractivity contribution in [2.24, 2.45) is 5.73 Å². The molecule has 0 bridgehead atoms. The predicted molar refractivity (Wildman–Crippen MR) is 96.1 cm³/mol. The highest BCUT2D eigenvalue weighted by Crippen LogP contribution is 2.36. The third-order valence-corrected chi connectivity index (χ3v) is 4.21. The van der Waals surface area contributed by atoms with Crippen molar-refractivity contribution in [3.63, 3.8) is 0 Å². The van der Waals surface area contributed by atoms with E-state index in [9.17, 15) is 35.9 Å². The minimum absolute atomic E-state index is 0.0431. The summed E-state index contributed by atoms with van der Waals surface area (Å²) in [5, 5.41) is 11.0. The van der Waals surface area contributed by atoms with Crippen molar-refractivity contribution >= 4 is 11.8 Å². The maximum absolute atomic E-state index is 12.9. The number of nitriles is 1. The summed E-state index contributed by atoms with van der Waals surface area (Å²) in [6.07, 6.45) is -11.0. The van der Waals surface area contributed by atoms with Crippen LogP contribution in [0.5, 0.6) is 0 Å². The molecule has 1 atom stereocenters. The molecule has 2 rings (SSSR count).